The van der Waals surface area contributed by atoms with Crippen molar-refractivity contribution < 1.29 is 4.79 Å². The normalized spacial score (nSPS) is 23.7. The van der Waals surface area contributed by atoms with Crippen molar-refractivity contribution >= 4 is 22.6 Å². The molecule has 1 aromatic carbocycles. The molecule has 1 heterocycles. The maximum atomic E-state index is 12.5. The van der Waals surface area contributed by atoms with E-state index in [2.05, 4.69) is 27.7 Å². The van der Waals surface area contributed by atoms with Crippen LogP contribution >= 0.6 is 0 Å². The number of likely N-dealkylation sites (tertiary alicyclic amines) is 1. The Bertz CT molecular complexity index is 698. The number of aryl methyl sites for hydroxylation is 2. The van der Waals surface area contributed by atoms with E-state index >= 15 is 0 Å². The summed E-state index contributed by atoms with van der Waals surface area (Å²) in [5, 5.41) is 9.28. The number of nitrogens with two attached hydrogens (primary N) is 1. The lowest BCUT2D eigenvalue weighted by Gasteiger charge is -2.15. The van der Waals surface area contributed by atoms with Gasteiger partial charge in [-0.3, -0.25) is 5.14 Å². The van der Waals surface area contributed by atoms with E-state index < -0.39 is 10.9 Å². The number of fused-ring (bicyclic) bond motifs is 2. The van der Waals surface area contributed by atoms with E-state index in [4.69, 9.17) is 5.14 Å². The third-order valence-electron chi connectivity index (χ3n) is 5.80. The lowest BCUT2D eigenvalue weighted by atomic mass is 9.99. The molecular weight excluding hydrogens is 332 g/mol. The molecule has 0 spiro atoms. The van der Waals surface area contributed by atoms with Crippen molar-refractivity contribution in [2.45, 2.75) is 44.9 Å². The van der Waals surface area contributed by atoms with Crippen molar-refractivity contribution in [3.63, 3.8) is 0 Å². The maximum absolute atomic E-state index is 12.5. The predicted molar refractivity (Wildman–Crippen MR) is 104 cm³/mol. The summed E-state index contributed by atoms with van der Waals surface area (Å²) in [6.07, 6.45) is 7.96. The molecule has 1 saturated heterocycles. The SMILES string of the molecule is CN1CCC(C/S(N)=N/C(=O)Nc2c3c(cc4c2CCC4)CCC3)C1. The maximum Gasteiger partial charge on any atom is 0.352 e. The smallest absolute Gasteiger partial charge is 0.306 e. The van der Waals surface area contributed by atoms with Crippen LogP contribution in [0.4, 0.5) is 10.5 Å². The zero-order chi connectivity index (χ0) is 17.4. The van der Waals surface area contributed by atoms with Crippen LogP contribution in [0.5, 0.6) is 0 Å². The van der Waals surface area contributed by atoms with Crippen molar-refractivity contribution in [2.75, 3.05) is 31.2 Å². The molecule has 1 aromatic rings. The number of amides is 2. The van der Waals surface area contributed by atoms with Crippen LogP contribution in [0.15, 0.2) is 10.4 Å². The first-order chi connectivity index (χ1) is 12.1. The van der Waals surface area contributed by atoms with Crippen molar-refractivity contribution in [2.24, 2.45) is 15.4 Å². The zero-order valence-corrected chi connectivity index (χ0v) is 15.8. The standard InChI is InChI=1S/C19H28N4OS/c1-23-9-8-13(11-23)12-25(20)22-19(24)21-18-16-6-2-4-14(16)10-15-5-3-7-17(15)18/h10,13H,2-9,11-12H2,1H3,(H3,20,21,22,24). The minimum absolute atomic E-state index is 0.258. The lowest BCUT2D eigenvalue weighted by Crippen LogP contribution is -2.22. The highest BCUT2D eigenvalue weighted by molar-refractivity contribution is 7.85. The van der Waals surface area contributed by atoms with Crippen LogP contribution in [-0.2, 0) is 36.6 Å². The minimum Gasteiger partial charge on any atom is -0.306 e. The molecule has 4 rings (SSSR count). The molecule has 1 fully saturated rings. The molecule has 3 aliphatic rings. The van der Waals surface area contributed by atoms with Crippen molar-refractivity contribution in [3.05, 3.63) is 28.3 Å². The molecule has 0 bridgehead atoms. The average molecular weight is 361 g/mol. The second kappa shape index (κ2) is 7.17. The molecule has 2 atom stereocenters. The molecule has 0 saturated carbocycles. The predicted octanol–water partition coefficient (Wildman–Crippen LogP) is 2.82. The lowest BCUT2D eigenvalue weighted by molar-refractivity contribution is 0.260. The Kier molecular flexibility index (Phi) is 4.93. The fourth-order valence-electron chi connectivity index (χ4n) is 4.64. The van der Waals surface area contributed by atoms with Crippen LogP contribution in [0, 0.1) is 5.92 Å². The number of hydrogen-bond acceptors (Lipinski definition) is 2. The van der Waals surface area contributed by atoms with E-state index in [0.717, 1.165) is 56.6 Å². The van der Waals surface area contributed by atoms with Gasteiger partial charge in [0.15, 0.2) is 0 Å². The number of hydrogen-bond donors (Lipinski definition) is 2. The van der Waals surface area contributed by atoms with E-state index in [0.29, 0.717) is 5.92 Å². The molecule has 2 unspecified atom stereocenters. The Hall–Kier alpha value is -1.24. The number of urea groups is 1. The van der Waals surface area contributed by atoms with Crippen molar-refractivity contribution in [1.29, 1.82) is 0 Å². The van der Waals surface area contributed by atoms with E-state index in [1.165, 1.54) is 35.1 Å². The molecule has 2 aliphatic carbocycles. The molecule has 1 aliphatic heterocycles. The summed E-state index contributed by atoms with van der Waals surface area (Å²) < 4.78 is 4.25. The van der Waals surface area contributed by atoms with Gasteiger partial charge in [0.25, 0.3) is 0 Å². The number of carbonyl (C=O) groups excluding carboxylic acids is 1. The van der Waals surface area contributed by atoms with Gasteiger partial charge < -0.3 is 10.2 Å². The van der Waals surface area contributed by atoms with Crippen LogP contribution in [0.3, 0.4) is 0 Å². The Morgan fingerprint density at radius 1 is 1.28 bits per heavy atom. The Morgan fingerprint density at radius 2 is 1.96 bits per heavy atom. The highest BCUT2D eigenvalue weighted by Gasteiger charge is 2.25. The first-order valence-electron chi connectivity index (χ1n) is 9.43. The summed E-state index contributed by atoms with van der Waals surface area (Å²) in [4.78, 5) is 14.8. The van der Waals surface area contributed by atoms with Gasteiger partial charge in [-0.05, 0) is 97.6 Å². The van der Waals surface area contributed by atoms with Gasteiger partial charge in [-0.15, -0.1) is 0 Å². The average Bonchev–Trinajstić information content (AvgIpc) is 3.27. The number of rotatable bonds is 3. The molecule has 3 N–H and O–H groups in total. The number of nitrogens with zero attached hydrogens (tertiary/aromatic N) is 2. The van der Waals surface area contributed by atoms with Gasteiger partial charge in [0.2, 0.25) is 0 Å². The Labute approximate surface area is 152 Å². The summed E-state index contributed by atoms with van der Waals surface area (Å²) in [5.74, 6) is 1.39. The second-order valence-corrected chi connectivity index (χ2v) is 9.06. The minimum atomic E-state index is -0.689. The number of anilines is 1. The Morgan fingerprint density at radius 3 is 2.56 bits per heavy atom. The summed E-state index contributed by atoms with van der Waals surface area (Å²) in [6.45, 7) is 2.19. The van der Waals surface area contributed by atoms with Gasteiger partial charge in [0.05, 0.1) is 0 Å². The van der Waals surface area contributed by atoms with E-state index in [-0.39, 0.29) is 6.03 Å². The van der Waals surface area contributed by atoms with Gasteiger partial charge in [-0.1, -0.05) is 6.07 Å². The second-order valence-electron chi connectivity index (χ2n) is 7.74. The molecule has 5 nitrogen and oxygen atoms in total. The Balaban J connectivity index is 1.49. The summed E-state index contributed by atoms with van der Waals surface area (Å²) >= 11 is 0. The van der Waals surface area contributed by atoms with Crippen LogP contribution in [0.25, 0.3) is 0 Å². The molecule has 0 aromatic heterocycles. The fraction of sp³-hybridized carbons (Fsp3) is 0.632. The third kappa shape index (κ3) is 3.66. The van der Waals surface area contributed by atoms with Crippen LogP contribution in [-0.4, -0.2) is 36.8 Å². The largest absolute Gasteiger partial charge is 0.352 e. The van der Waals surface area contributed by atoms with Crippen LogP contribution < -0.4 is 10.5 Å². The molecule has 136 valence electrons. The summed E-state index contributed by atoms with van der Waals surface area (Å²) in [7, 11) is 1.45. The molecule has 2 amide bonds. The van der Waals surface area contributed by atoms with E-state index in [9.17, 15) is 4.79 Å². The molecule has 25 heavy (non-hydrogen) atoms. The van der Waals surface area contributed by atoms with Crippen LogP contribution in [0.2, 0.25) is 0 Å². The number of benzene rings is 1. The van der Waals surface area contributed by atoms with Gasteiger partial charge in [0.1, 0.15) is 0 Å². The van der Waals surface area contributed by atoms with E-state index in [1.54, 1.807) is 0 Å². The highest BCUT2D eigenvalue weighted by atomic mass is 32.2. The third-order valence-corrected chi connectivity index (χ3v) is 7.01. The zero-order valence-electron chi connectivity index (χ0n) is 15.0. The first-order valence-corrected chi connectivity index (χ1v) is 10.8. The summed E-state index contributed by atoms with van der Waals surface area (Å²) in [5.41, 5.74) is 6.61. The molecule has 0 radical (unpaired) electrons. The topological polar surface area (TPSA) is 70.7 Å². The monoisotopic (exact) mass is 360 g/mol. The van der Waals surface area contributed by atoms with Gasteiger partial charge in [-0.25, -0.2) is 4.79 Å². The van der Waals surface area contributed by atoms with Crippen molar-refractivity contribution in [1.82, 2.24) is 4.90 Å². The molecular formula is C19H28N4OS. The summed E-state index contributed by atoms with van der Waals surface area (Å²) in [6, 6.07) is 2.12. The first kappa shape index (κ1) is 17.2. The quantitative estimate of drug-likeness (QED) is 0.871. The van der Waals surface area contributed by atoms with Crippen LogP contribution in [0.1, 0.15) is 41.5 Å². The van der Waals surface area contributed by atoms with Gasteiger partial charge in [-0.2, -0.15) is 4.36 Å². The van der Waals surface area contributed by atoms with Gasteiger partial charge >= 0.3 is 6.03 Å². The molecule has 6 heteroatoms. The number of carbonyl (C=O) groups is 1. The van der Waals surface area contributed by atoms with Crippen molar-refractivity contribution in [3.8, 4) is 0 Å². The van der Waals surface area contributed by atoms with E-state index in [1.807, 2.05) is 0 Å². The number of nitrogens with one attached hydrogen (secondary N) is 1. The fourth-order valence-corrected chi connectivity index (χ4v) is 5.73. The highest BCUT2D eigenvalue weighted by Crippen LogP contribution is 2.38. The van der Waals surface area contributed by atoms with Gasteiger partial charge in [0, 0.05) is 18.0 Å².